The van der Waals surface area contributed by atoms with Gasteiger partial charge in [-0.25, -0.2) is 14.0 Å². The molecular formula is C24H26F4N2O4. The maximum absolute atomic E-state index is 13.2. The van der Waals surface area contributed by atoms with Gasteiger partial charge in [-0.2, -0.15) is 13.2 Å². The number of aryl methyl sites for hydroxylation is 1. The second-order valence-electron chi connectivity index (χ2n) is 8.56. The average Bonchev–Trinajstić information content (AvgIpc) is 3.11. The highest BCUT2D eigenvalue weighted by Gasteiger charge is 2.38. The van der Waals surface area contributed by atoms with Crippen molar-refractivity contribution in [2.45, 2.75) is 50.9 Å². The second-order valence-corrected chi connectivity index (χ2v) is 8.56. The molecule has 2 atom stereocenters. The normalized spacial score (nSPS) is 21.3. The number of benzene rings is 2. The van der Waals surface area contributed by atoms with Crippen LogP contribution in [0, 0.1) is 18.7 Å². The summed E-state index contributed by atoms with van der Waals surface area (Å²) in [7, 11) is 0. The highest BCUT2D eigenvalue weighted by molar-refractivity contribution is 5.91. The Labute approximate surface area is 194 Å². The Morgan fingerprint density at radius 1 is 1.09 bits per heavy atom. The predicted octanol–water partition coefficient (Wildman–Crippen LogP) is 5.51. The van der Waals surface area contributed by atoms with Gasteiger partial charge in [0.2, 0.25) is 0 Å². The van der Waals surface area contributed by atoms with E-state index in [1.807, 2.05) is 25.1 Å². The molecule has 2 heterocycles. The van der Waals surface area contributed by atoms with E-state index in [-0.39, 0.29) is 5.82 Å². The molecule has 0 aromatic heterocycles. The first-order valence-electron chi connectivity index (χ1n) is 10.9. The lowest BCUT2D eigenvalue weighted by molar-refractivity contribution is -0.192. The molecular weight excluding hydrogens is 456 g/mol. The number of fused-ring (bicyclic) bond motifs is 2. The molecule has 2 aliphatic rings. The number of halogens is 4. The smallest absolute Gasteiger partial charge is 0.475 e. The molecule has 0 aliphatic carbocycles. The number of ether oxygens (including phenoxy) is 1. The molecule has 2 aromatic carbocycles. The summed E-state index contributed by atoms with van der Waals surface area (Å²) in [6.07, 6.45) is -0.894. The zero-order chi connectivity index (χ0) is 24.9. The number of hydrogen-bond acceptors (Lipinski definition) is 4. The molecule has 2 bridgehead atoms. The van der Waals surface area contributed by atoms with Crippen LogP contribution in [-0.2, 0) is 9.53 Å². The predicted molar refractivity (Wildman–Crippen MR) is 118 cm³/mol. The summed E-state index contributed by atoms with van der Waals surface area (Å²) in [6.45, 7) is 2.42. The molecule has 34 heavy (non-hydrogen) atoms. The van der Waals surface area contributed by atoms with E-state index in [4.69, 9.17) is 14.6 Å². The molecule has 1 amide bonds. The monoisotopic (exact) mass is 482 g/mol. The fourth-order valence-electron chi connectivity index (χ4n) is 4.29. The number of carbonyl (C=O) groups excluding carboxylic acids is 1. The minimum absolute atomic E-state index is 0.282. The van der Waals surface area contributed by atoms with Gasteiger partial charge in [-0.3, -0.25) is 5.32 Å². The summed E-state index contributed by atoms with van der Waals surface area (Å²) in [6, 6.07) is 13.2. The lowest BCUT2D eigenvalue weighted by atomic mass is 9.93. The van der Waals surface area contributed by atoms with Gasteiger partial charge in [0.05, 0.1) is 12.3 Å². The van der Waals surface area contributed by atoms with Crippen molar-refractivity contribution in [2.75, 3.05) is 11.9 Å². The van der Waals surface area contributed by atoms with E-state index in [0.29, 0.717) is 30.3 Å². The molecule has 2 aromatic rings. The maximum atomic E-state index is 13.2. The number of carboxylic acids is 1. The van der Waals surface area contributed by atoms with Crippen LogP contribution in [0.4, 0.5) is 28.0 Å². The van der Waals surface area contributed by atoms with Gasteiger partial charge >= 0.3 is 18.2 Å². The van der Waals surface area contributed by atoms with Crippen LogP contribution in [0.2, 0.25) is 0 Å². The van der Waals surface area contributed by atoms with Crippen molar-refractivity contribution in [1.82, 2.24) is 5.32 Å². The number of aliphatic carboxylic acids is 1. The molecule has 2 fully saturated rings. The molecule has 184 valence electrons. The zero-order valence-electron chi connectivity index (χ0n) is 18.5. The van der Waals surface area contributed by atoms with Crippen molar-refractivity contribution in [3.8, 4) is 11.1 Å². The summed E-state index contributed by atoms with van der Waals surface area (Å²) in [5.41, 5.74) is 3.40. The van der Waals surface area contributed by atoms with Crippen molar-refractivity contribution in [2.24, 2.45) is 5.92 Å². The molecule has 2 aliphatic heterocycles. The summed E-state index contributed by atoms with van der Waals surface area (Å²) in [5.74, 6) is -2.60. The number of carboxylic acid groups (broad SMARTS) is 1. The van der Waals surface area contributed by atoms with E-state index in [2.05, 4.69) is 10.6 Å². The molecule has 2 unspecified atom stereocenters. The van der Waals surface area contributed by atoms with E-state index in [0.717, 1.165) is 29.5 Å². The number of amides is 1. The lowest BCUT2D eigenvalue weighted by Gasteiger charge is -2.28. The Morgan fingerprint density at radius 2 is 1.68 bits per heavy atom. The van der Waals surface area contributed by atoms with Crippen molar-refractivity contribution in [3.63, 3.8) is 0 Å². The van der Waals surface area contributed by atoms with Crippen molar-refractivity contribution in [3.05, 3.63) is 53.8 Å². The number of alkyl halides is 3. The molecule has 6 nitrogen and oxygen atoms in total. The summed E-state index contributed by atoms with van der Waals surface area (Å²) >= 11 is 0. The maximum Gasteiger partial charge on any atom is 0.490 e. The summed E-state index contributed by atoms with van der Waals surface area (Å²) in [4.78, 5) is 21.3. The van der Waals surface area contributed by atoms with Crippen molar-refractivity contribution < 1.29 is 37.0 Å². The van der Waals surface area contributed by atoms with Crippen LogP contribution in [0.25, 0.3) is 11.1 Å². The summed E-state index contributed by atoms with van der Waals surface area (Å²) < 4.78 is 50.5. The van der Waals surface area contributed by atoms with E-state index in [9.17, 15) is 22.4 Å². The third kappa shape index (κ3) is 7.18. The van der Waals surface area contributed by atoms with Gasteiger partial charge in [0.15, 0.2) is 0 Å². The molecule has 0 saturated carbocycles. The van der Waals surface area contributed by atoms with Crippen LogP contribution in [-0.4, -0.2) is 42.0 Å². The molecule has 0 radical (unpaired) electrons. The molecule has 4 rings (SSSR count). The van der Waals surface area contributed by atoms with Gasteiger partial charge in [0.1, 0.15) is 5.82 Å². The quantitative estimate of drug-likeness (QED) is 0.500. The first-order chi connectivity index (χ1) is 16.0. The Balaban J connectivity index is 0.000000406. The Morgan fingerprint density at radius 3 is 2.24 bits per heavy atom. The van der Waals surface area contributed by atoms with Gasteiger partial charge in [-0.1, -0.05) is 24.3 Å². The fraction of sp³-hybridized carbons (Fsp3) is 0.417. The first-order valence-corrected chi connectivity index (χ1v) is 10.9. The van der Waals surface area contributed by atoms with E-state index in [1.165, 1.54) is 25.0 Å². The van der Waals surface area contributed by atoms with Crippen molar-refractivity contribution in [1.29, 1.82) is 0 Å². The molecule has 10 heteroatoms. The van der Waals surface area contributed by atoms with Crippen molar-refractivity contribution >= 4 is 17.7 Å². The van der Waals surface area contributed by atoms with E-state index < -0.39 is 18.2 Å². The summed E-state index contributed by atoms with van der Waals surface area (Å²) in [5, 5.41) is 13.6. The second kappa shape index (κ2) is 10.9. The van der Waals surface area contributed by atoms with Crippen LogP contribution < -0.4 is 10.6 Å². The Kier molecular flexibility index (Phi) is 8.14. The standard InChI is InChI=1S/C22H25FN2O2.C2HF3O2/c1-14-2-9-20(16-3-5-17(23)6-4-16)21(10-14)25-22(26)27-13-15-11-18-7-8-19(12-15)24-18;3-2(4,5)1(6)7/h2-6,9-10,15,18-19,24H,7-8,11-13H2,1H3,(H,25,26);(H,6,7). The number of hydrogen-bond donors (Lipinski definition) is 3. The van der Waals surface area contributed by atoms with E-state index in [1.54, 1.807) is 12.1 Å². The van der Waals surface area contributed by atoms with Crippen LogP contribution in [0.15, 0.2) is 42.5 Å². The van der Waals surface area contributed by atoms with Gasteiger partial charge < -0.3 is 15.2 Å². The third-order valence-electron chi connectivity index (χ3n) is 5.83. The zero-order valence-corrected chi connectivity index (χ0v) is 18.5. The van der Waals surface area contributed by atoms with Gasteiger partial charge in [0.25, 0.3) is 0 Å². The minimum Gasteiger partial charge on any atom is -0.475 e. The molecule has 0 spiro atoms. The number of carbonyl (C=O) groups is 2. The average molecular weight is 482 g/mol. The van der Waals surface area contributed by atoms with Gasteiger partial charge in [-0.05, 0) is 67.9 Å². The number of anilines is 1. The van der Waals surface area contributed by atoms with Crippen LogP contribution in [0.5, 0.6) is 0 Å². The van der Waals surface area contributed by atoms with E-state index >= 15 is 0 Å². The number of rotatable bonds is 4. The Hall–Kier alpha value is -3.14. The fourth-order valence-corrected chi connectivity index (χ4v) is 4.29. The highest BCUT2D eigenvalue weighted by atomic mass is 19.4. The first kappa shape index (κ1) is 25.5. The van der Waals surface area contributed by atoms with Gasteiger partial charge in [-0.15, -0.1) is 0 Å². The largest absolute Gasteiger partial charge is 0.490 e. The third-order valence-corrected chi connectivity index (χ3v) is 5.83. The number of piperidine rings is 1. The van der Waals surface area contributed by atoms with Crippen LogP contribution in [0.3, 0.4) is 0 Å². The highest BCUT2D eigenvalue weighted by Crippen LogP contribution is 2.32. The SMILES string of the molecule is Cc1ccc(-c2ccc(F)cc2)c(NC(=O)OCC2CC3CCC(C2)N3)c1.O=C(O)C(F)(F)F. The van der Waals surface area contributed by atoms with Crippen LogP contribution in [0.1, 0.15) is 31.2 Å². The Bertz CT molecular complexity index is 999. The topological polar surface area (TPSA) is 87.7 Å². The van der Waals surface area contributed by atoms with Crippen LogP contribution >= 0.6 is 0 Å². The number of nitrogens with one attached hydrogen (secondary N) is 2. The lowest BCUT2D eigenvalue weighted by Crippen LogP contribution is -2.39. The molecule has 3 N–H and O–H groups in total. The molecule has 2 saturated heterocycles. The van der Waals surface area contributed by atoms with Gasteiger partial charge in [0, 0.05) is 17.6 Å². The minimum atomic E-state index is -5.08.